The summed E-state index contributed by atoms with van der Waals surface area (Å²) in [6, 6.07) is 11.1. The predicted molar refractivity (Wildman–Crippen MR) is 104 cm³/mol. The lowest BCUT2D eigenvalue weighted by molar-refractivity contribution is -0.384. The Hall–Kier alpha value is -2.55. The molecule has 3 aromatic rings. The Kier molecular flexibility index (Phi) is 6.00. The molecule has 0 aliphatic carbocycles. The Morgan fingerprint density at radius 1 is 1.33 bits per heavy atom. The van der Waals surface area contributed by atoms with Gasteiger partial charge < -0.3 is 9.30 Å². The third kappa shape index (κ3) is 4.41. The van der Waals surface area contributed by atoms with Crippen molar-refractivity contribution in [2.75, 3.05) is 13.2 Å². The van der Waals surface area contributed by atoms with Crippen molar-refractivity contribution in [3.8, 4) is 0 Å². The molecule has 0 radical (unpaired) electrons. The van der Waals surface area contributed by atoms with Crippen LogP contribution in [0.4, 0.5) is 5.69 Å². The maximum atomic E-state index is 12.5. The summed E-state index contributed by atoms with van der Waals surface area (Å²) in [7, 11) is 0. The number of nitro benzene ring substituents is 1. The van der Waals surface area contributed by atoms with Crippen molar-refractivity contribution in [2.45, 2.75) is 13.5 Å². The first-order chi connectivity index (χ1) is 13.0. The van der Waals surface area contributed by atoms with Crippen LogP contribution in [0.3, 0.4) is 0 Å². The SMILES string of the molecule is CCOCCn1c(=NC(=O)c2cccc(Cl)c2)sc2cc([N+](=O)[O-])ccc21. The topological polar surface area (TPSA) is 86.7 Å². The highest BCUT2D eigenvalue weighted by molar-refractivity contribution is 7.16. The van der Waals surface area contributed by atoms with Crippen molar-refractivity contribution in [1.82, 2.24) is 4.57 Å². The highest BCUT2D eigenvalue weighted by atomic mass is 35.5. The van der Waals surface area contributed by atoms with Gasteiger partial charge in [0.1, 0.15) is 0 Å². The molecule has 7 nitrogen and oxygen atoms in total. The van der Waals surface area contributed by atoms with Crippen LogP contribution in [0.15, 0.2) is 47.5 Å². The fraction of sp³-hybridized carbons (Fsp3) is 0.222. The summed E-state index contributed by atoms with van der Waals surface area (Å²) in [6.07, 6.45) is 0. The number of carbonyl (C=O) groups is 1. The van der Waals surface area contributed by atoms with Gasteiger partial charge >= 0.3 is 0 Å². The number of amides is 1. The molecule has 3 rings (SSSR count). The van der Waals surface area contributed by atoms with Gasteiger partial charge in [-0.05, 0) is 31.2 Å². The number of benzene rings is 2. The van der Waals surface area contributed by atoms with E-state index in [-0.39, 0.29) is 5.69 Å². The predicted octanol–water partition coefficient (Wildman–Crippen LogP) is 4.04. The van der Waals surface area contributed by atoms with Crippen LogP contribution in [0.2, 0.25) is 5.02 Å². The molecule has 0 aliphatic heterocycles. The molecule has 0 aliphatic rings. The van der Waals surface area contributed by atoms with E-state index in [1.807, 2.05) is 11.5 Å². The lowest BCUT2D eigenvalue weighted by Crippen LogP contribution is -2.19. The van der Waals surface area contributed by atoms with Crippen LogP contribution in [0.25, 0.3) is 10.2 Å². The second-order valence-corrected chi connectivity index (χ2v) is 7.02. The van der Waals surface area contributed by atoms with Gasteiger partial charge in [0, 0.05) is 35.9 Å². The van der Waals surface area contributed by atoms with Gasteiger partial charge in [0.2, 0.25) is 0 Å². The van der Waals surface area contributed by atoms with E-state index in [0.717, 1.165) is 5.52 Å². The Balaban J connectivity index is 2.09. The van der Waals surface area contributed by atoms with Crippen molar-refractivity contribution >= 4 is 44.7 Å². The number of aromatic nitrogens is 1. The maximum absolute atomic E-state index is 12.5. The molecular formula is C18H16ClN3O4S. The van der Waals surface area contributed by atoms with Gasteiger partial charge in [-0.1, -0.05) is 29.0 Å². The van der Waals surface area contributed by atoms with Crippen LogP contribution in [-0.2, 0) is 11.3 Å². The molecule has 140 valence electrons. The zero-order valence-corrected chi connectivity index (χ0v) is 16.0. The molecule has 0 fully saturated rings. The number of rotatable bonds is 6. The van der Waals surface area contributed by atoms with E-state index >= 15 is 0 Å². The Bertz CT molecular complexity index is 1070. The molecule has 0 N–H and O–H groups in total. The molecule has 27 heavy (non-hydrogen) atoms. The maximum Gasteiger partial charge on any atom is 0.279 e. The number of hydrogen-bond donors (Lipinski definition) is 0. The van der Waals surface area contributed by atoms with Gasteiger partial charge in [-0.3, -0.25) is 14.9 Å². The lowest BCUT2D eigenvalue weighted by Gasteiger charge is -2.05. The van der Waals surface area contributed by atoms with Gasteiger partial charge in [-0.15, -0.1) is 0 Å². The average Bonchev–Trinajstić information content (AvgIpc) is 2.98. The molecule has 0 atom stereocenters. The molecule has 2 aromatic carbocycles. The van der Waals surface area contributed by atoms with Crippen LogP contribution in [0, 0.1) is 10.1 Å². The fourth-order valence-electron chi connectivity index (χ4n) is 2.55. The zero-order valence-electron chi connectivity index (χ0n) is 14.4. The number of ether oxygens (including phenoxy) is 1. The van der Waals surface area contributed by atoms with Crippen LogP contribution in [0.1, 0.15) is 17.3 Å². The van der Waals surface area contributed by atoms with Crippen LogP contribution in [0.5, 0.6) is 0 Å². The minimum absolute atomic E-state index is 0.00609. The standard InChI is InChI=1S/C18H16ClN3O4S/c1-2-26-9-8-21-15-7-6-14(22(24)25)11-16(15)27-18(21)20-17(23)12-4-3-5-13(19)10-12/h3-7,10-11H,2,8-9H2,1H3. The first kappa shape index (κ1) is 19.2. The monoisotopic (exact) mass is 405 g/mol. The normalized spacial score (nSPS) is 11.9. The highest BCUT2D eigenvalue weighted by Crippen LogP contribution is 2.23. The van der Waals surface area contributed by atoms with Crippen LogP contribution in [-0.4, -0.2) is 28.6 Å². The second kappa shape index (κ2) is 8.43. The molecule has 0 bridgehead atoms. The average molecular weight is 406 g/mol. The van der Waals surface area contributed by atoms with E-state index in [2.05, 4.69) is 4.99 Å². The van der Waals surface area contributed by atoms with Gasteiger partial charge in [0.15, 0.2) is 4.80 Å². The van der Waals surface area contributed by atoms with Gasteiger partial charge in [0.25, 0.3) is 11.6 Å². The molecule has 0 unspecified atom stereocenters. The first-order valence-electron chi connectivity index (χ1n) is 8.19. The van der Waals surface area contributed by atoms with Crippen molar-refractivity contribution < 1.29 is 14.5 Å². The Morgan fingerprint density at radius 3 is 2.85 bits per heavy atom. The Morgan fingerprint density at radius 2 is 2.15 bits per heavy atom. The summed E-state index contributed by atoms with van der Waals surface area (Å²) in [5.41, 5.74) is 1.14. The molecule has 1 aromatic heterocycles. The molecule has 1 amide bonds. The van der Waals surface area contributed by atoms with E-state index < -0.39 is 10.8 Å². The van der Waals surface area contributed by atoms with E-state index in [1.165, 1.54) is 23.5 Å². The number of halogens is 1. The van der Waals surface area contributed by atoms with Gasteiger partial charge in [-0.2, -0.15) is 4.99 Å². The van der Waals surface area contributed by atoms with E-state index in [0.29, 0.717) is 39.8 Å². The smallest absolute Gasteiger partial charge is 0.279 e. The number of hydrogen-bond acceptors (Lipinski definition) is 5. The largest absolute Gasteiger partial charge is 0.380 e. The number of thiazole rings is 1. The van der Waals surface area contributed by atoms with E-state index in [1.54, 1.807) is 30.3 Å². The number of carbonyl (C=O) groups excluding carboxylic acids is 1. The summed E-state index contributed by atoms with van der Waals surface area (Å²) < 4.78 is 7.92. The zero-order chi connectivity index (χ0) is 19.4. The highest BCUT2D eigenvalue weighted by Gasteiger charge is 2.13. The molecule has 0 spiro atoms. The summed E-state index contributed by atoms with van der Waals surface area (Å²) in [5.74, 6) is -0.427. The second-order valence-electron chi connectivity index (χ2n) is 5.57. The quantitative estimate of drug-likeness (QED) is 0.352. The summed E-state index contributed by atoms with van der Waals surface area (Å²) in [6.45, 7) is 3.39. The molecule has 1 heterocycles. The van der Waals surface area contributed by atoms with Gasteiger partial charge in [-0.25, -0.2) is 0 Å². The number of non-ortho nitro benzene ring substituents is 1. The first-order valence-corrected chi connectivity index (χ1v) is 9.39. The Labute approximate surface area is 163 Å². The van der Waals surface area contributed by atoms with Crippen molar-refractivity contribution in [2.24, 2.45) is 4.99 Å². The molecular weight excluding hydrogens is 390 g/mol. The third-order valence-electron chi connectivity index (χ3n) is 3.81. The van der Waals surface area contributed by atoms with Crippen LogP contribution < -0.4 is 4.80 Å². The van der Waals surface area contributed by atoms with Crippen molar-refractivity contribution in [3.63, 3.8) is 0 Å². The fourth-order valence-corrected chi connectivity index (χ4v) is 3.83. The van der Waals surface area contributed by atoms with Gasteiger partial charge in [0.05, 0.1) is 21.7 Å². The van der Waals surface area contributed by atoms with E-state index in [9.17, 15) is 14.9 Å². The number of fused-ring (bicyclic) bond motifs is 1. The minimum atomic E-state index is -0.447. The van der Waals surface area contributed by atoms with Crippen LogP contribution >= 0.6 is 22.9 Å². The third-order valence-corrected chi connectivity index (χ3v) is 5.09. The molecule has 0 saturated carbocycles. The molecule has 9 heteroatoms. The number of nitrogens with zero attached hydrogens (tertiary/aromatic N) is 3. The molecule has 0 saturated heterocycles. The number of nitro groups is 1. The lowest BCUT2D eigenvalue weighted by atomic mass is 10.2. The van der Waals surface area contributed by atoms with Crippen molar-refractivity contribution in [1.29, 1.82) is 0 Å². The summed E-state index contributed by atoms with van der Waals surface area (Å²) in [5, 5.41) is 11.5. The summed E-state index contributed by atoms with van der Waals surface area (Å²) in [4.78, 5) is 27.8. The van der Waals surface area contributed by atoms with Crippen molar-refractivity contribution in [3.05, 3.63) is 68.0 Å². The van der Waals surface area contributed by atoms with E-state index in [4.69, 9.17) is 16.3 Å². The minimum Gasteiger partial charge on any atom is -0.380 e. The summed E-state index contributed by atoms with van der Waals surface area (Å²) >= 11 is 7.17.